The first kappa shape index (κ1) is 9.71. The quantitative estimate of drug-likeness (QED) is 0.769. The summed E-state index contributed by atoms with van der Waals surface area (Å²) in [5, 5.41) is 10.7. The van der Waals surface area contributed by atoms with Crippen LogP contribution in [0.5, 0.6) is 0 Å². The molecule has 1 fully saturated rings. The maximum absolute atomic E-state index is 4.15. The van der Waals surface area contributed by atoms with E-state index in [4.69, 9.17) is 0 Å². The molecule has 1 saturated carbocycles. The Balaban J connectivity index is 2.04. The minimum Gasteiger partial charge on any atom is -0.313 e. The lowest BCUT2D eigenvalue weighted by molar-refractivity contribution is 0.663. The van der Waals surface area contributed by atoms with E-state index in [1.54, 1.807) is 0 Å². The van der Waals surface area contributed by atoms with Gasteiger partial charge in [0.2, 0.25) is 0 Å². The summed E-state index contributed by atoms with van der Waals surface area (Å²) in [5.41, 5.74) is 2.74. The van der Waals surface area contributed by atoms with Gasteiger partial charge in [-0.05, 0) is 19.4 Å². The number of hydrogen-bond acceptors (Lipinski definition) is 2. The van der Waals surface area contributed by atoms with Gasteiger partial charge in [-0.15, -0.1) is 0 Å². The van der Waals surface area contributed by atoms with Crippen LogP contribution >= 0.6 is 0 Å². The summed E-state index contributed by atoms with van der Waals surface area (Å²) in [6.45, 7) is 4.11. The first-order valence-electron chi connectivity index (χ1n) is 5.64. The number of H-pyrrole nitrogens is 1. The largest absolute Gasteiger partial charge is 0.313 e. The molecule has 0 saturated heterocycles. The van der Waals surface area contributed by atoms with E-state index in [2.05, 4.69) is 22.4 Å². The van der Waals surface area contributed by atoms with Crippen LogP contribution in [0.4, 0.5) is 0 Å². The van der Waals surface area contributed by atoms with Crippen molar-refractivity contribution in [1.82, 2.24) is 15.5 Å². The molecular weight excluding hydrogens is 174 g/mol. The second-order valence-corrected chi connectivity index (χ2v) is 4.07. The zero-order valence-electron chi connectivity index (χ0n) is 8.84. The van der Waals surface area contributed by atoms with Crippen LogP contribution < -0.4 is 5.32 Å². The van der Waals surface area contributed by atoms with Crippen molar-refractivity contribution >= 4 is 0 Å². The maximum atomic E-state index is 4.15. The van der Waals surface area contributed by atoms with Crippen molar-refractivity contribution in [3.8, 4) is 0 Å². The van der Waals surface area contributed by atoms with Crippen molar-refractivity contribution in [2.45, 2.75) is 45.1 Å². The van der Waals surface area contributed by atoms with Crippen LogP contribution in [0.25, 0.3) is 0 Å². The van der Waals surface area contributed by atoms with Crippen LogP contribution in [-0.4, -0.2) is 16.7 Å². The van der Waals surface area contributed by atoms with Gasteiger partial charge in [-0.1, -0.05) is 19.8 Å². The van der Waals surface area contributed by atoms with Gasteiger partial charge in [0.15, 0.2) is 0 Å². The molecule has 1 heterocycles. The third-order valence-electron chi connectivity index (χ3n) is 3.08. The molecule has 0 radical (unpaired) electrons. The minimum atomic E-state index is 0.742. The van der Waals surface area contributed by atoms with Gasteiger partial charge in [0.1, 0.15) is 0 Å². The zero-order valence-corrected chi connectivity index (χ0v) is 8.84. The van der Waals surface area contributed by atoms with Gasteiger partial charge in [0.05, 0.1) is 6.20 Å². The third kappa shape index (κ3) is 1.98. The molecule has 2 N–H and O–H groups in total. The lowest BCUT2D eigenvalue weighted by Crippen LogP contribution is -2.13. The molecule has 14 heavy (non-hydrogen) atoms. The Morgan fingerprint density at radius 3 is 3.00 bits per heavy atom. The Morgan fingerprint density at radius 1 is 1.50 bits per heavy atom. The number of nitrogens with one attached hydrogen (secondary N) is 2. The van der Waals surface area contributed by atoms with Crippen LogP contribution in [0.1, 0.15) is 49.8 Å². The molecule has 3 nitrogen and oxygen atoms in total. The molecule has 1 aliphatic rings. The number of aromatic nitrogens is 2. The summed E-state index contributed by atoms with van der Waals surface area (Å²) in [6, 6.07) is 0. The van der Waals surface area contributed by atoms with E-state index in [-0.39, 0.29) is 0 Å². The lowest BCUT2D eigenvalue weighted by Gasteiger charge is -2.09. The fourth-order valence-electron chi connectivity index (χ4n) is 2.29. The fourth-order valence-corrected chi connectivity index (χ4v) is 2.29. The molecule has 1 aliphatic carbocycles. The van der Waals surface area contributed by atoms with Gasteiger partial charge < -0.3 is 5.32 Å². The minimum absolute atomic E-state index is 0.742. The Hall–Kier alpha value is -0.830. The molecule has 0 aromatic carbocycles. The first-order chi connectivity index (χ1) is 6.92. The smallest absolute Gasteiger partial charge is 0.0535 e. The summed E-state index contributed by atoms with van der Waals surface area (Å²) >= 11 is 0. The van der Waals surface area contributed by atoms with Crippen LogP contribution in [0, 0.1) is 0 Å². The predicted molar refractivity (Wildman–Crippen MR) is 57.2 cm³/mol. The van der Waals surface area contributed by atoms with Gasteiger partial charge in [0.25, 0.3) is 0 Å². The topological polar surface area (TPSA) is 40.7 Å². The second-order valence-electron chi connectivity index (χ2n) is 4.07. The summed E-state index contributed by atoms with van der Waals surface area (Å²) in [5.74, 6) is 0.742. The Kier molecular flexibility index (Phi) is 3.19. The van der Waals surface area contributed by atoms with E-state index >= 15 is 0 Å². The van der Waals surface area contributed by atoms with Crippen molar-refractivity contribution in [3.63, 3.8) is 0 Å². The molecule has 1 aromatic heterocycles. The van der Waals surface area contributed by atoms with Crippen molar-refractivity contribution < 1.29 is 0 Å². The van der Waals surface area contributed by atoms with Crippen LogP contribution in [0.2, 0.25) is 0 Å². The van der Waals surface area contributed by atoms with Gasteiger partial charge in [-0.2, -0.15) is 5.10 Å². The van der Waals surface area contributed by atoms with Gasteiger partial charge >= 0.3 is 0 Å². The molecule has 0 bridgehead atoms. The summed E-state index contributed by atoms with van der Waals surface area (Å²) in [7, 11) is 0. The molecule has 0 aliphatic heterocycles. The standard InChI is InChI=1S/C11H19N3/c1-2-12-7-10-8-13-14-11(10)9-5-3-4-6-9/h8-9,12H,2-7H2,1H3,(H,13,14). The Morgan fingerprint density at radius 2 is 2.29 bits per heavy atom. The highest BCUT2D eigenvalue weighted by Gasteiger charge is 2.20. The predicted octanol–water partition coefficient (Wildman–Crippen LogP) is 2.18. The number of hydrogen-bond donors (Lipinski definition) is 2. The fraction of sp³-hybridized carbons (Fsp3) is 0.727. The third-order valence-corrected chi connectivity index (χ3v) is 3.08. The van der Waals surface area contributed by atoms with E-state index in [1.165, 1.54) is 36.9 Å². The van der Waals surface area contributed by atoms with Crippen LogP contribution in [0.3, 0.4) is 0 Å². The van der Waals surface area contributed by atoms with E-state index in [9.17, 15) is 0 Å². The highest BCUT2D eigenvalue weighted by molar-refractivity contribution is 5.21. The first-order valence-corrected chi connectivity index (χ1v) is 5.64. The maximum Gasteiger partial charge on any atom is 0.0535 e. The van der Waals surface area contributed by atoms with E-state index in [0.29, 0.717) is 0 Å². The number of nitrogens with zero attached hydrogens (tertiary/aromatic N) is 1. The lowest BCUT2D eigenvalue weighted by atomic mass is 10.0. The molecule has 0 unspecified atom stereocenters. The van der Waals surface area contributed by atoms with E-state index in [0.717, 1.165) is 19.0 Å². The van der Waals surface area contributed by atoms with Gasteiger partial charge in [-0.3, -0.25) is 5.10 Å². The van der Waals surface area contributed by atoms with E-state index < -0.39 is 0 Å². The molecule has 78 valence electrons. The zero-order chi connectivity index (χ0) is 9.80. The average Bonchev–Trinajstić information content (AvgIpc) is 2.84. The Labute approximate surface area is 85.3 Å². The monoisotopic (exact) mass is 193 g/mol. The van der Waals surface area contributed by atoms with Crippen molar-refractivity contribution in [3.05, 3.63) is 17.5 Å². The summed E-state index contributed by atoms with van der Waals surface area (Å²) < 4.78 is 0. The highest BCUT2D eigenvalue weighted by Crippen LogP contribution is 2.34. The molecule has 1 aromatic rings. The van der Waals surface area contributed by atoms with Crippen molar-refractivity contribution in [2.75, 3.05) is 6.54 Å². The average molecular weight is 193 g/mol. The summed E-state index contributed by atoms with van der Waals surface area (Å²) in [4.78, 5) is 0. The molecule has 0 amide bonds. The van der Waals surface area contributed by atoms with Gasteiger partial charge in [-0.25, -0.2) is 0 Å². The van der Waals surface area contributed by atoms with Crippen LogP contribution in [0.15, 0.2) is 6.20 Å². The molecule has 2 rings (SSSR count). The summed E-state index contributed by atoms with van der Waals surface area (Å²) in [6.07, 6.45) is 7.40. The van der Waals surface area contributed by atoms with E-state index in [1.807, 2.05) is 6.20 Å². The van der Waals surface area contributed by atoms with Crippen molar-refractivity contribution in [1.29, 1.82) is 0 Å². The highest BCUT2D eigenvalue weighted by atomic mass is 15.1. The van der Waals surface area contributed by atoms with Gasteiger partial charge in [0, 0.05) is 23.7 Å². The molecule has 0 atom stereocenters. The molecule has 0 spiro atoms. The second kappa shape index (κ2) is 4.60. The van der Waals surface area contributed by atoms with Crippen molar-refractivity contribution in [2.24, 2.45) is 0 Å². The Bertz CT molecular complexity index is 274. The SMILES string of the molecule is CCNCc1cn[nH]c1C1CCCC1. The number of rotatable bonds is 4. The number of aromatic amines is 1. The molecular formula is C11H19N3. The van der Waals surface area contributed by atoms with Crippen LogP contribution in [-0.2, 0) is 6.54 Å². The molecule has 3 heteroatoms. The normalized spacial score (nSPS) is 17.8.